The van der Waals surface area contributed by atoms with Crippen LogP contribution in [0.15, 0.2) is 52.9 Å². The third-order valence-corrected chi connectivity index (χ3v) is 4.65. The maximum absolute atomic E-state index is 11.3. The van der Waals surface area contributed by atoms with E-state index in [1.165, 1.54) is 23.6 Å². The normalized spacial score (nSPS) is 10.8. The molecule has 0 aliphatic heterocycles. The van der Waals surface area contributed by atoms with E-state index in [0.29, 0.717) is 17.3 Å². The molecule has 1 aromatic heterocycles. The van der Waals surface area contributed by atoms with Crippen molar-refractivity contribution in [3.05, 3.63) is 63.5 Å². The highest BCUT2D eigenvalue weighted by molar-refractivity contribution is 7.14. The summed E-state index contributed by atoms with van der Waals surface area (Å²) in [5.74, 6) is 1.04. The van der Waals surface area contributed by atoms with Gasteiger partial charge in [-0.15, -0.1) is 11.3 Å². The lowest BCUT2D eigenvalue weighted by molar-refractivity contribution is -0.385. The molecule has 0 saturated carbocycles. The van der Waals surface area contributed by atoms with Crippen LogP contribution in [0, 0.1) is 10.1 Å². The quantitative estimate of drug-likeness (QED) is 0.303. The molecule has 0 amide bonds. The number of thiazole rings is 1. The van der Waals surface area contributed by atoms with Gasteiger partial charge in [0.15, 0.2) is 5.75 Å². The topological polar surface area (TPSA) is 98.9 Å². The van der Waals surface area contributed by atoms with Crippen molar-refractivity contribution in [1.82, 2.24) is 4.98 Å². The van der Waals surface area contributed by atoms with Crippen molar-refractivity contribution < 1.29 is 14.4 Å². The first-order valence-corrected chi connectivity index (χ1v) is 9.79. The van der Waals surface area contributed by atoms with Crippen molar-refractivity contribution in [2.24, 2.45) is 5.10 Å². The molecule has 0 unspecified atom stereocenters. The van der Waals surface area contributed by atoms with Crippen LogP contribution in [0.5, 0.6) is 11.5 Å². The van der Waals surface area contributed by atoms with Crippen molar-refractivity contribution in [2.45, 2.75) is 13.3 Å². The number of nitro benzene ring substituents is 1. The van der Waals surface area contributed by atoms with Gasteiger partial charge in [-0.2, -0.15) is 5.10 Å². The molecule has 8 nitrogen and oxygen atoms in total. The summed E-state index contributed by atoms with van der Waals surface area (Å²) in [6, 6.07) is 12.3. The van der Waals surface area contributed by atoms with Crippen molar-refractivity contribution in [1.29, 1.82) is 0 Å². The Morgan fingerprint density at radius 2 is 2.07 bits per heavy atom. The molecule has 9 heteroatoms. The number of rotatable bonds is 9. The van der Waals surface area contributed by atoms with Crippen LogP contribution in [0.3, 0.4) is 0 Å². The summed E-state index contributed by atoms with van der Waals surface area (Å²) in [7, 11) is 1.62. The first-order chi connectivity index (χ1) is 14.1. The minimum Gasteiger partial charge on any atom is -0.497 e. The first kappa shape index (κ1) is 20.3. The molecule has 3 rings (SSSR count). The Morgan fingerprint density at radius 1 is 1.28 bits per heavy atom. The van der Waals surface area contributed by atoms with Crippen LogP contribution >= 0.6 is 11.3 Å². The molecule has 1 heterocycles. The van der Waals surface area contributed by atoms with Crippen LogP contribution in [0.25, 0.3) is 11.3 Å². The molecule has 0 saturated heterocycles. The summed E-state index contributed by atoms with van der Waals surface area (Å²) >= 11 is 1.41. The van der Waals surface area contributed by atoms with Crippen LogP contribution in [0.2, 0.25) is 0 Å². The largest absolute Gasteiger partial charge is 0.497 e. The summed E-state index contributed by atoms with van der Waals surface area (Å²) in [4.78, 5) is 15.3. The molecule has 0 aliphatic carbocycles. The van der Waals surface area contributed by atoms with Crippen molar-refractivity contribution in [3.8, 4) is 22.8 Å². The Labute approximate surface area is 172 Å². The number of ether oxygens (including phenoxy) is 2. The van der Waals surface area contributed by atoms with E-state index in [0.717, 1.165) is 23.4 Å². The van der Waals surface area contributed by atoms with Gasteiger partial charge in [0.2, 0.25) is 5.13 Å². The number of methoxy groups -OCH3 is 1. The van der Waals surface area contributed by atoms with E-state index in [9.17, 15) is 10.1 Å². The lowest BCUT2D eigenvalue weighted by atomic mass is 10.2. The van der Waals surface area contributed by atoms with Gasteiger partial charge in [0.25, 0.3) is 0 Å². The number of benzene rings is 2. The molecule has 0 fully saturated rings. The van der Waals surface area contributed by atoms with E-state index in [-0.39, 0.29) is 11.4 Å². The molecule has 0 bridgehead atoms. The number of anilines is 1. The van der Waals surface area contributed by atoms with Gasteiger partial charge >= 0.3 is 5.69 Å². The average molecular weight is 412 g/mol. The second kappa shape index (κ2) is 9.65. The number of hydrogen-bond donors (Lipinski definition) is 1. The van der Waals surface area contributed by atoms with Crippen molar-refractivity contribution in [2.75, 3.05) is 19.1 Å². The number of nitrogens with one attached hydrogen (secondary N) is 1. The standard InChI is InChI=1S/C20H20N4O4S/c1-3-10-28-19-9-4-14(11-18(19)24(25)26)12-21-23-20-22-17(13-29-20)15-5-7-16(27-2)8-6-15/h4-9,11-13H,3,10H2,1-2H3,(H,22,23)/b21-12-. The predicted molar refractivity (Wildman–Crippen MR) is 114 cm³/mol. The van der Waals surface area contributed by atoms with Gasteiger partial charge in [-0.05, 0) is 42.8 Å². The second-order valence-electron chi connectivity index (χ2n) is 5.97. The minimum absolute atomic E-state index is 0.0848. The Balaban J connectivity index is 1.67. The molecule has 2 aromatic carbocycles. The van der Waals surface area contributed by atoms with Crippen LogP contribution in [-0.4, -0.2) is 29.8 Å². The number of nitrogens with zero attached hydrogens (tertiary/aromatic N) is 3. The fraction of sp³-hybridized carbons (Fsp3) is 0.200. The van der Waals surface area contributed by atoms with Gasteiger partial charge in [-0.25, -0.2) is 4.98 Å². The van der Waals surface area contributed by atoms with Crippen LogP contribution in [0.4, 0.5) is 10.8 Å². The fourth-order valence-electron chi connectivity index (χ4n) is 2.47. The highest BCUT2D eigenvalue weighted by atomic mass is 32.1. The summed E-state index contributed by atoms with van der Waals surface area (Å²) in [6.45, 7) is 2.37. The van der Waals surface area contributed by atoms with Gasteiger partial charge in [0.1, 0.15) is 5.75 Å². The lowest BCUT2D eigenvalue weighted by Crippen LogP contribution is -2.00. The molecule has 0 atom stereocenters. The SMILES string of the molecule is CCCOc1ccc(/C=N\Nc2nc(-c3ccc(OC)cc3)cs2)cc1[N+](=O)[O-]. The molecule has 29 heavy (non-hydrogen) atoms. The maximum atomic E-state index is 11.3. The van der Waals surface area contributed by atoms with Crippen LogP contribution < -0.4 is 14.9 Å². The molecule has 0 aliphatic rings. The zero-order valence-electron chi connectivity index (χ0n) is 16.0. The van der Waals surface area contributed by atoms with Crippen molar-refractivity contribution >= 4 is 28.4 Å². The van der Waals surface area contributed by atoms with Gasteiger partial charge in [-0.1, -0.05) is 6.92 Å². The van der Waals surface area contributed by atoms with Crippen molar-refractivity contribution in [3.63, 3.8) is 0 Å². The molecule has 1 N–H and O–H groups in total. The summed E-state index contributed by atoms with van der Waals surface area (Å²) in [5.41, 5.74) is 5.15. The van der Waals surface area contributed by atoms with Crippen LogP contribution in [-0.2, 0) is 0 Å². The molecule has 3 aromatic rings. The number of hydrazone groups is 1. The number of nitro groups is 1. The average Bonchev–Trinajstić information content (AvgIpc) is 3.21. The smallest absolute Gasteiger partial charge is 0.311 e. The predicted octanol–water partition coefficient (Wildman–Crippen LogP) is 4.96. The van der Waals surface area contributed by atoms with E-state index in [1.807, 2.05) is 36.6 Å². The zero-order valence-corrected chi connectivity index (χ0v) is 16.8. The molecule has 0 radical (unpaired) electrons. The van der Waals surface area contributed by atoms with Gasteiger partial charge in [0, 0.05) is 22.6 Å². The maximum Gasteiger partial charge on any atom is 0.311 e. The third kappa shape index (κ3) is 5.29. The van der Waals surface area contributed by atoms with E-state index < -0.39 is 4.92 Å². The monoisotopic (exact) mass is 412 g/mol. The summed E-state index contributed by atoms with van der Waals surface area (Å²) in [6.07, 6.45) is 2.28. The summed E-state index contributed by atoms with van der Waals surface area (Å²) < 4.78 is 10.6. The van der Waals surface area contributed by atoms with Gasteiger partial charge < -0.3 is 9.47 Å². The Hall–Kier alpha value is -3.46. The first-order valence-electron chi connectivity index (χ1n) is 8.91. The summed E-state index contributed by atoms with van der Waals surface area (Å²) in [5, 5.41) is 17.9. The molecular weight excluding hydrogens is 392 g/mol. The second-order valence-corrected chi connectivity index (χ2v) is 6.83. The molecule has 0 spiro atoms. The Morgan fingerprint density at radius 3 is 2.76 bits per heavy atom. The molecule has 150 valence electrons. The van der Waals surface area contributed by atoms with Gasteiger partial charge in [0.05, 0.1) is 30.5 Å². The lowest BCUT2D eigenvalue weighted by Gasteiger charge is -2.05. The van der Waals surface area contributed by atoms with E-state index in [1.54, 1.807) is 19.2 Å². The fourth-order valence-corrected chi connectivity index (χ4v) is 3.14. The van der Waals surface area contributed by atoms with Gasteiger partial charge in [-0.3, -0.25) is 15.5 Å². The van der Waals surface area contributed by atoms with E-state index in [2.05, 4.69) is 15.5 Å². The van der Waals surface area contributed by atoms with E-state index >= 15 is 0 Å². The minimum atomic E-state index is -0.461. The number of aromatic nitrogens is 1. The third-order valence-electron chi connectivity index (χ3n) is 3.91. The zero-order chi connectivity index (χ0) is 20.6. The highest BCUT2D eigenvalue weighted by Gasteiger charge is 2.15. The Bertz CT molecular complexity index is 1000. The Kier molecular flexibility index (Phi) is 6.75. The van der Waals surface area contributed by atoms with E-state index in [4.69, 9.17) is 9.47 Å². The highest BCUT2D eigenvalue weighted by Crippen LogP contribution is 2.28. The van der Waals surface area contributed by atoms with Crippen LogP contribution in [0.1, 0.15) is 18.9 Å². The molecular formula is C20H20N4O4S. The number of hydrogen-bond acceptors (Lipinski definition) is 8.